The van der Waals surface area contributed by atoms with E-state index in [2.05, 4.69) is 36.8 Å². The lowest BCUT2D eigenvalue weighted by atomic mass is 10.2. The van der Waals surface area contributed by atoms with Gasteiger partial charge in [-0.3, -0.25) is 0 Å². The van der Waals surface area contributed by atoms with Crippen LogP contribution in [0.1, 0.15) is 5.56 Å². The van der Waals surface area contributed by atoms with Crippen LogP contribution in [0.25, 0.3) is 0 Å². The highest BCUT2D eigenvalue weighted by Gasteiger charge is 2.15. The first-order valence-corrected chi connectivity index (χ1v) is 9.53. The predicted molar refractivity (Wildman–Crippen MR) is 114 cm³/mol. The van der Waals surface area contributed by atoms with Crippen molar-refractivity contribution in [3.63, 3.8) is 0 Å². The summed E-state index contributed by atoms with van der Waals surface area (Å²) in [5.41, 5.74) is 3.98. The van der Waals surface area contributed by atoms with Crippen molar-refractivity contribution in [2.75, 3.05) is 48.9 Å². The van der Waals surface area contributed by atoms with Crippen LogP contribution in [0.3, 0.4) is 0 Å². The Kier molecular flexibility index (Phi) is 5.71. The van der Waals surface area contributed by atoms with Gasteiger partial charge in [-0.1, -0.05) is 18.2 Å². The van der Waals surface area contributed by atoms with Crippen LogP contribution >= 0.6 is 0 Å². The average molecular weight is 392 g/mol. The second-order valence-corrected chi connectivity index (χ2v) is 6.74. The minimum atomic E-state index is 0.391. The van der Waals surface area contributed by atoms with Crippen LogP contribution in [0.2, 0.25) is 0 Å². The molecule has 0 unspecified atom stereocenters. The van der Waals surface area contributed by atoms with Gasteiger partial charge in [0.05, 0.1) is 43.6 Å². The van der Waals surface area contributed by atoms with Crippen LogP contribution in [0, 0.1) is 6.92 Å². The smallest absolute Gasteiger partial charge is 0.249 e. The van der Waals surface area contributed by atoms with Crippen LogP contribution in [0.15, 0.2) is 48.7 Å². The normalized spacial score (nSPS) is 13.8. The van der Waals surface area contributed by atoms with E-state index in [1.54, 1.807) is 13.3 Å². The van der Waals surface area contributed by atoms with Crippen molar-refractivity contribution in [1.29, 1.82) is 0 Å². The van der Waals surface area contributed by atoms with Gasteiger partial charge in [0.1, 0.15) is 5.75 Å². The molecule has 1 aromatic heterocycles. The van der Waals surface area contributed by atoms with E-state index in [-0.39, 0.29) is 0 Å². The number of hydrogen-bond donors (Lipinski definition) is 2. The maximum absolute atomic E-state index is 5.47. The van der Waals surface area contributed by atoms with E-state index >= 15 is 0 Å². The zero-order chi connectivity index (χ0) is 20.1. The number of nitrogens with one attached hydrogen (secondary N) is 2. The molecular formula is C21H24N6O2. The molecule has 0 aliphatic carbocycles. The molecule has 8 nitrogen and oxygen atoms in total. The quantitative estimate of drug-likeness (QED) is 0.659. The van der Waals surface area contributed by atoms with Crippen LogP contribution < -0.4 is 20.3 Å². The van der Waals surface area contributed by atoms with E-state index in [1.165, 1.54) is 0 Å². The second kappa shape index (κ2) is 8.74. The third-order valence-corrected chi connectivity index (χ3v) is 4.68. The number of aryl methyl sites for hydroxylation is 1. The Balaban J connectivity index is 1.55. The fourth-order valence-corrected chi connectivity index (χ4v) is 3.25. The molecule has 2 N–H and O–H groups in total. The number of anilines is 5. The van der Waals surface area contributed by atoms with Gasteiger partial charge in [0.15, 0.2) is 5.82 Å². The van der Waals surface area contributed by atoms with Gasteiger partial charge < -0.3 is 25.0 Å². The molecule has 0 spiro atoms. The Morgan fingerprint density at radius 3 is 2.69 bits per heavy atom. The number of methoxy groups -OCH3 is 1. The molecule has 2 aromatic carbocycles. The van der Waals surface area contributed by atoms with Crippen LogP contribution in [-0.4, -0.2) is 48.6 Å². The fraction of sp³-hybridized carbons (Fsp3) is 0.286. The minimum absolute atomic E-state index is 0.391. The molecular weight excluding hydrogens is 368 g/mol. The van der Waals surface area contributed by atoms with E-state index in [0.29, 0.717) is 11.8 Å². The minimum Gasteiger partial charge on any atom is -0.495 e. The Labute approximate surface area is 169 Å². The standard InChI is InChI=1S/C21H24N6O2/c1-15-7-8-19(28-2)17(13-15)24-21-25-20(14-22-26-21)23-16-5-3-4-6-18(16)27-9-11-29-12-10-27/h3-8,13-14H,9-12H2,1-2H3,(H2,23,24,25,26). The van der Waals surface area contributed by atoms with Gasteiger partial charge in [0.2, 0.25) is 5.95 Å². The van der Waals surface area contributed by atoms with Gasteiger partial charge in [-0.2, -0.15) is 10.1 Å². The van der Waals surface area contributed by atoms with Crippen LogP contribution in [-0.2, 0) is 4.74 Å². The van der Waals surface area contributed by atoms with Crippen molar-refractivity contribution in [2.24, 2.45) is 0 Å². The molecule has 0 saturated carbocycles. The SMILES string of the molecule is COc1ccc(C)cc1Nc1nncc(Nc2ccccc2N2CCOCC2)n1. The van der Waals surface area contributed by atoms with Crippen molar-refractivity contribution in [1.82, 2.24) is 15.2 Å². The van der Waals surface area contributed by atoms with Gasteiger partial charge >= 0.3 is 0 Å². The van der Waals surface area contributed by atoms with Crippen LogP contribution in [0.5, 0.6) is 5.75 Å². The lowest BCUT2D eigenvalue weighted by molar-refractivity contribution is 0.123. The summed E-state index contributed by atoms with van der Waals surface area (Å²) in [6, 6.07) is 14.0. The third-order valence-electron chi connectivity index (χ3n) is 4.68. The molecule has 1 aliphatic rings. The lowest BCUT2D eigenvalue weighted by Gasteiger charge is -2.30. The van der Waals surface area contributed by atoms with E-state index in [9.17, 15) is 0 Å². The van der Waals surface area contributed by atoms with Gasteiger partial charge in [-0.05, 0) is 36.8 Å². The van der Waals surface area contributed by atoms with Crippen LogP contribution in [0.4, 0.5) is 28.8 Å². The topological polar surface area (TPSA) is 84.4 Å². The molecule has 0 atom stereocenters. The summed E-state index contributed by atoms with van der Waals surface area (Å²) in [7, 11) is 1.63. The molecule has 0 bridgehead atoms. The summed E-state index contributed by atoms with van der Waals surface area (Å²) >= 11 is 0. The molecule has 0 radical (unpaired) electrons. The van der Waals surface area contributed by atoms with Crippen molar-refractivity contribution in [3.05, 3.63) is 54.2 Å². The molecule has 0 amide bonds. The summed E-state index contributed by atoms with van der Waals surface area (Å²) in [6.45, 7) is 5.21. The Morgan fingerprint density at radius 2 is 1.86 bits per heavy atom. The number of nitrogens with zero attached hydrogens (tertiary/aromatic N) is 4. The maximum Gasteiger partial charge on any atom is 0.249 e. The van der Waals surface area contributed by atoms with Crippen molar-refractivity contribution < 1.29 is 9.47 Å². The lowest BCUT2D eigenvalue weighted by Crippen LogP contribution is -2.36. The van der Waals surface area contributed by atoms with Crippen molar-refractivity contribution in [2.45, 2.75) is 6.92 Å². The first-order chi connectivity index (χ1) is 14.2. The summed E-state index contributed by atoms with van der Waals surface area (Å²) in [6.07, 6.45) is 1.61. The molecule has 1 fully saturated rings. The van der Waals surface area contributed by atoms with Crippen molar-refractivity contribution >= 4 is 28.8 Å². The number of benzene rings is 2. The summed E-state index contributed by atoms with van der Waals surface area (Å²) in [5.74, 6) is 1.72. The molecule has 150 valence electrons. The summed E-state index contributed by atoms with van der Waals surface area (Å²) in [5, 5.41) is 14.7. The Bertz CT molecular complexity index is 975. The number of aromatic nitrogens is 3. The number of hydrogen-bond acceptors (Lipinski definition) is 8. The fourth-order valence-electron chi connectivity index (χ4n) is 3.25. The average Bonchev–Trinajstić information content (AvgIpc) is 2.75. The Hall–Kier alpha value is -3.39. The number of para-hydroxylation sites is 2. The zero-order valence-corrected chi connectivity index (χ0v) is 16.6. The van der Waals surface area contributed by atoms with E-state index in [0.717, 1.165) is 54.7 Å². The summed E-state index contributed by atoms with van der Waals surface area (Å²) < 4.78 is 10.9. The first-order valence-electron chi connectivity index (χ1n) is 9.53. The highest BCUT2D eigenvalue weighted by Crippen LogP contribution is 2.30. The number of morpholine rings is 1. The first kappa shape index (κ1) is 18.9. The second-order valence-electron chi connectivity index (χ2n) is 6.74. The maximum atomic E-state index is 5.47. The monoisotopic (exact) mass is 392 g/mol. The van der Waals surface area contributed by atoms with E-state index in [4.69, 9.17) is 9.47 Å². The molecule has 8 heteroatoms. The van der Waals surface area contributed by atoms with E-state index < -0.39 is 0 Å². The van der Waals surface area contributed by atoms with Gasteiger partial charge in [-0.25, -0.2) is 0 Å². The Morgan fingerprint density at radius 1 is 1.03 bits per heavy atom. The van der Waals surface area contributed by atoms with E-state index in [1.807, 2.05) is 43.3 Å². The summed E-state index contributed by atoms with van der Waals surface area (Å²) in [4.78, 5) is 6.86. The molecule has 3 aromatic rings. The molecule has 4 rings (SSSR count). The zero-order valence-electron chi connectivity index (χ0n) is 16.6. The molecule has 2 heterocycles. The third kappa shape index (κ3) is 4.55. The molecule has 1 aliphatic heterocycles. The van der Waals surface area contributed by atoms with Gasteiger partial charge in [-0.15, -0.1) is 5.10 Å². The predicted octanol–water partition coefficient (Wildman–Crippen LogP) is 3.51. The number of rotatable bonds is 6. The number of ether oxygens (including phenoxy) is 2. The highest BCUT2D eigenvalue weighted by molar-refractivity contribution is 5.74. The highest BCUT2D eigenvalue weighted by atomic mass is 16.5. The van der Waals surface area contributed by atoms with Crippen molar-refractivity contribution in [3.8, 4) is 5.75 Å². The molecule has 29 heavy (non-hydrogen) atoms. The van der Waals surface area contributed by atoms with Gasteiger partial charge in [0.25, 0.3) is 0 Å². The van der Waals surface area contributed by atoms with Gasteiger partial charge in [0, 0.05) is 13.1 Å². The molecule has 1 saturated heterocycles. The largest absolute Gasteiger partial charge is 0.495 e.